The number of nitrogens with zero attached hydrogens (tertiary/aromatic N) is 4. The van der Waals surface area contributed by atoms with Crippen LogP contribution in [0.4, 0.5) is 0 Å². The minimum atomic E-state index is -0.177. The van der Waals surface area contributed by atoms with Crippen molar-refractivity contribution >= 4 is 0 Å². The van der Waals surface area contributed by atoms with E-state index in [1.165, 1.54) is 0 Å². The van der Waals surface area contributed by atoms with Crippen LogP contribution >= 0.6 is 0 Å². The Labute approximate surface area is 161 Å². The second kappa shape index (κ2) is 7.62. The van der Waals surface area contributed by atoms with Crippen LogP contribution in [0.25, 0.3) is 5.69 Å². The molecule has 27 heavy (non-hydrogen) atoms. The molecule has 1 aromatic carbocycles. The van der Waals surface area contributed by atoms with Gasteiger partial charge in [-0.25, -0.2) is 4.98 Å². The Morgan fingerprint density at radius 2 is 1.96 bits per heavy atom. The second-order valence-corrected chi connectivity index (χ2v) is 8.24. The molecular weight excluding hydrogens is 340 g/mol. The summed E-state index contributed by atoms with van der Waals surface area (Å²) in [5.74, 6) is 1.93. The third kappa shape index (κ3) is 4.03. The Kier molecular flexibility index (Phi) is 5.21. The molecule has 0 aliphatic carbocycles. The third-order valence-electron chi connectivity index (χ3n) is 6.15. The first-order chi connectivity index (χ1) is 13.1. The molecule has 6 nitrogen and oxygen atoms in total. The maximum absolute atomic E-state index is 10.2. The molecule has 1 N–H and O–H groups in total. The van der Waals surface area contributed by atoms with E-state index in [9.17, 15) is 5.11 Å². The molecule has 2 fully saturated rings. The van der Waals surface area contributed by atoms with Gasteiger partial charge in [-0.05, 0) is 69.1 Å². The van der Waals surface area contributed by atoms with Crippen LogP contribution in [-0.2, 0) is 6.54 Å². The first kappa shape index (κ1) is 18.5. The van der Waals surface area contributed by atoms with Crippen LogP contribution < -0.4 is 4.74 Å². The summed E-state index contributed by atoms with van der Waals surface area (Å²) in [4.78, 5) is 9.39. The first-order valence-electron chi connectivity index (χ1n) is 9.83. The van der Waals surface area contributed by atoms with Gasteiger partial charge in [0.15, 0.2) is 0 Å². The molecule has 2 aromatic rings. The van der Waals surface area contributed by atoms with Crippen molar-refractivity contribution in [3.63, 3.8) is 0 Å². The lowest BCUT2D eigenvalue weighted by atomic mass is 9.72. The predicted octanol–water partition coefficient (Wildman–Crippen LogP) is 2.16. The van der Waals surface area contributed by atoms with Gasteiger partial charge in [0.2, 0.25) is 0 Å². The molecule has 146 valence electrons. The number of β-amino-alcohol motifs (C(OH)–C–C–N with tert-alkyl or cyclic N) is 1. The van der Waals surface area contributed by atoms with Gasteiger partial charge in [-0.2, -0.15) is 0 Å². The highest BCUT2D eigenvalue weighted by molar-refractivity contribution is 5.38. The fourth-order valence-electron chi connectivity index (χ4n) is 4.80. The van der Waals surface area contributed by atoms with Gasteiger partial charge in [0.25, 0.3) is 0 Å². The molecular formula is C21H30N4O2. The third-order valence-corrected chi connectivity index (χ3v) is 6.15. The Bertz CT molecular complexity index is 738. The van der Waals surface area contributed by atoms with E-state index in [-0.39, 0.29) is 11.5 Å². The van der Waals surface area contributed by atoms with E-state index < -0.39 is 0 Å². The van der Waals surface area contributed by atoms with Crippen molar-refractivity contribution in [1.29, 1.82) is 0 Å². The summed E-state index contributed by atoms with van der Waals surface area (Å²) in [6, 6.07) is 8.09. The van der Waals surface area contributed by atoms with Gasteiger partial charge in [-0.15, -0.1) is 0 Å². The molecule has 2 aliphatic heterocycles. The highest BCUT2D eigenvalue weighted by Crippen LogP contribution is 2.39. The molecule has 1 atom stereocenters. The van der Waals surface area contributed by atoms with Crippen LogP contribution in [0.15, 0.2) is 36.7 Å². The lowest BCUT2D eigenvalue weighted by molar-refractivity contribution is -0.0334. The van der Waals surface area contributed by atoms with Crippen LogP contribution in [0.3, 0.4) is 0 Å². The van der Waals surface area contributed by atoms with Gasteiger partial charge in [0.05, 0.1) is 19.8 Å². The molecule has 3 heterocycles. The molecule has 1 spiro atoms. The van der Waals surface area contributed by atoms with E-state index in [2.05, 4.69) is 38.5 Å². The summed E-state index contributed by atoms with van der Waals surface area (Å²) < 4.78 is 7.41. The average molecular weight is 370 g/mol. The number of methoxy groups -OCH3 is 1. The number of ether oxygens (including phenoxy) is 1. The second-order valence-electron chi connectivity index (χ2n) is 8.24. The topological polar surface area (TPSA) is 53.8 Å². The number of likely N-dealkylation sites (N-methyl/N-ethyl adjacent to an activating group) is 1. The van der Waals surface area contributed by atoms with Crippen molar-refractivity contribution in [3.05, 3.63) is 42.5 Å². The highest BCUT2D eigenvalue weighted by atomic mass is 16.5. The van der Waals surface area contributed by atoms with Gasteiger partial charge in [-0.3, -0.25) is 4.90 Å². The summed E-state index contributed by atoms with van der Waals surface area (Å²) in [7, 11) is 3.81. The molecule has 0 radical (unpaired) electrons. The molecule has 0 amide bonds. The largest absolute Gasteiger partial charge is 0.497 e. The van der Waals surface area contributed by atoms with Crippen molar-refractivity contribution in [2.45, 2.75) is 31.9 Å². The predicted molar refractivity (Wildman–Crippen MR) is 105 cm³/mol. The molecule has 6 heteroatoms. The number of aliphatic hydroxyl groups excluding tert-OH is 1. The quantitative estimate of drug-likeness (QED) is 0.894. The minimum Gasteiger partial charge on any atom is -0.497 e. The molecule has 1 aromatic heterocycles. The van der Waals surface area contributed by atoms with E-state index in [1.54, 1.807) is 7.11 Å². The van der Waals surface area contributed by atoms with Crippen LogP contribution in [0.5, 0.6) is 5.75 Å². The number of rotatable bonds is 4. The van der Waals surface area contributed by atoms with Gasteiger partial charge < -0.3 is 19.3 Å². The normalized spacial score (nSPS) is 23.6. The average Bonchev–Trinajstić information content (AvgIpc) is 3.11. The number of piperidine rings is 2. The maximum atomic E-state index is 10.2. The number of benzene rings is 1. The molecule has 0 bridgehead atoms. The zero-order chi connectivity index (χ0) is 18.9. The van der Waals surface area contributed by atoms with Crippen LogP contribution in [0.2, 0.25) is 0 Å². The Balaban J connectivity index is 1.40. The summed E-state index contributed by atoms with van der Waals surface area (Å²) in [6.07, 6.45) is 6.97. The summed E-state index contributed by atoms with van der Waals surface area (Å²) in [5, 5.41) is 10.2. The van der Waals surface area contributed by atoms with Crippen molar-refractivity contribution in [2.24, 2.45) is 5.41 Å². The fraction of sp³-hybridized carbons (Fsp3) is 0.571. The zero-order valence-corrected chi connectivity index (χ0v) is 16.3. The Hall–Kier alpha value is -1.89. The Morgan fingerprint density at radius 3 is 2.63 bits per heavy atom. The summed E-state index contributed by atoms with van der Waals surface area (Å²) in [5.41, 5.74) is 1.39. The van der Waals surface area contributed by atoms with E-state index in [1.807, 2.05) is 24.5 Å². The van der Waals surface area contributed by atoms with Crippen molar-refractivity contribution in [2.75, 3.05) is 40.3 Å². The van der Waals surface area contributed by atoms with E-state index in [0.717, 1.165) is 69.2 Å². The van der Waals surface area contributed by atoms with Crippen molar-refractivity contribution in [3.8, 4) is 11.4 Å². The lowest BCUT2D eigenvalue weighted by Crippen LogP contribution is -2.52. The number of likely N-dealkylation sites (tertiary alicyclic amines) is 2. The molecule has 4 rings (SSSR count). The first-order valence-corrected chi connectivity index (χ1v) is 9.83. The minimum absolute atomic E-state index is 0.177. The summed E-state index contributed by atoms with van der Waals surface area (Å²) in [6.45, 7) is 4.91. The summed E-state index contributed by atoms with van der Waals surface area (Å²) >= 11 is 0. The molecule has 2 saturated heterocycles. The number of aromatic nitrogens is 2. The van der Waals surface area contributed by atoms with Crippen LogP contribution in [-0.4, -0.2) is 70.9 Å². The number of aliphatic hydroxyl groups is 1. The van der Waals surface area contributed by atoms with Crippen LogP contribution in [0.1, 0.15) is 25.1 Å². The van der Waals surface area contributed by atoms with E-state index >= 15 is 0 Å². The zero-order valence-electron chi connectivity index (χ0n) is 16.3. The highest BCUT2D eigenvalue weighted by Gasteiger charge is 2.40. The molecule has 0 saturated carbocycles. The molecule has 1 unspecified atom stereocenters. The number of hydrogen-bond acceptors (Lipinski definition) is 5. The number of imidazole rings is 1. The van der Waals surface area contributed by atoms with Crippen molar-refractivity contribution in [1.82, 2.24) is 19.4 Å². The van der Waals surface area contributed by atoms with Gasteiger partial charge in [-0.1, -0.05) is 0 Å². The standard InChI is InChI=1S/C21H30N4O2/c1-23-14-18(26)13-21(16-23)7-10-24(11-8-21)15-20-22-9-12-25(20)17-3-5-19(27-2)6-4-17/h3-6,9,12,18,26H,7-8,10-11,13-16H2,1-2H3. The van der Waals surface area contributed by atoms with Gasteiger partial charge in [0.1, 0.15) is 11.6 Å². The molecule has 2 aliphatic rings. The monoisotopic (exact) mass is 370 g/mol. The van der Waals surface area contributed by atoms with E-state index in [0.29, 0.717) is 0 Å². The Morgan fingerprint density at radius 1 is 1.22 bits per heavy atom. The van der Waals surface area contributed by atoms with Crippen LogP contribution in [0, 0.1) is 5.41 Å². The van der Waals surface area contributed by atoms with Crippen molar-refractivity contribution < 1.29 is 9.84 Å². The smallest absolute Gasteiger partial charge is 0.127 e. The maximum Gasteiger partial charge on any atom is 0.127 e. The van der Waals surface area contributed by atoms with Gasteiger partial charge >= 0.3 is 0 Å². The fourth-order valence-corrected chi connectivity index (χ4v) is 4.80. The van der Waals surface area contributed by atoms with E-state index in [4.69, 9.17) is 4.74 Å². The number of hydrogen-bond donors (Lipinski definition) is 1. The lowest BCUT2D eigenvalue weighted by Gasteiger charge is -2.48. The SMILES string of the molecule is COc1ccc(-n2ccnc2CN2CCC3(CC2)CC(O)CN(C)C3)cc1. The van der Waals surface area contributed by atoms with Gasteiger partial charge in [0, 0.05) is 31.2 Å².